The molecule has 0 bridgehead atoms. The van der Waals surface area contributed by atoms with Crippen molar-refractivity contribution in [2.24, 2.45) is 5.92 Å². The van der Waals surface area contributed by atoms with Crippen LogP contribution in [0.4, 0.5) is 0 Å². The molecule has 1 rings (SSSR count). The molecule has 6 nitrogen and oxygen atoms in total. The molecule has 1 aromatic heterocycles. The van der Waals surface area contributed by atoms with E-state index in [1.54, 1.807) is 26.8 Å². The number of nitrogens with zero attached hydrogens (tertiary/aromatic N) is 1. The largest absolute Gasteiger partial charge is 0.480 e. The van der Waals surface area contributed by atoms with Gasteiger partial charge in [0, 0.05) is 11.9 Å². The van der Waals surface area contributed by atoms with Crippen LogP contribution in [-0.2, 0) is 14.8 Å². The van der Waals surface area contributed by atoms with Crippen LogP contribution in [0.25, 0.3) is 0 Å². The Morgan fingerprint density at radius 2 is 2.00 bits per heavy atom. The molecule has 1 heterocycles. The molecule has 0 saturated carbocycles. The van der Waals surface area contributed by atoms with Gasteiger partial charge in [0.15, 0.2) is 0 Å². The summed E-state index contributed by atoms with van der Waals surface area (Å²) in [7, 11) is -3.86. The van der Waals surface area contributed by atoms with Gasteiger partial charge in [0.25, 0.3) is 0 Å². The van der Waals surface area contributed by atoms with Gasteiger partial charge in [-0.05, 0) is 25.0 Å². The molecule has 0 radical (unpaired) electrons. The van der Waals surface area contributed by atoms with Crippen molar-refractivity contribution in [2.75, 3.05) is 0 Å². The number of hydrogen-bond acceptors (Lipinski definition) is 4. The lowest BCUT2D eigenvalue weighted by Crippen LogP contribution is -2.44. The highest BCUT2D eigenvalue weighted by molar-refractivity contribution is 7.89. The molecule has 18 heavy (non-hydrogen) atoms. The zero-order chi connectivity index (χ0) is 13.9. The second kappa shape index (κ2) is 5.45. The third-order valence-corrected chi connectivity index (χ3v) is 3.84. The van der Waals surface area contributed by atoms with Crippen LogP contribution in [0, 0.1) is 12.8 Å². The SMILES string of the molecule is Cc1ccc(S(=O)(=O)N[C@H](C(=O)O)C(C)C)cn1. The molecular weight excluding hydrogens is 256 g/mol. The summed E-state index contributed by atoms with van der Waals surface area (Å²) in [5.41, 5.74) is 0.688. The second-order valence-corrected chi connectivity index (χ2v) is 6.03. The van der Waals surface area contributed by atoms with Gasteiger partial charge in [0.1, 0.15) is 10.9 Å². The maximum atomic E-state index is 11.9. The van der Waals surface area contributed by atoms with Crippen LogP contribution >= 0.6 is 0 Å². The predicted molar refractivity (Wildman–Crippen MR) is 65.6 cm³/mol. The van der Waals surface area contributed by atoms with Crippen molar-refractivity contribution in [2.45, 2.75) is 31.7 Å². The Kier molecular flexibility index (Phi) is 4.42. The lowest BCUT2D eigenvalue weighted by atomic mass is 10.1. The second-order valence-electron chi connectivity index (χ2n) is 4.32. The average Bonchev–Trinajstić information content (AvgIpc) is 2.26. The topological polar surface area (TPSA) is 96.4 Å². The summed E-state index contributed by atoms with van der Waals surface area (Å²) in [4.78, 5) is 14.8. The van der Waals surface area contributed by atoms with E-state index < -0.39 is 22.0 Å². The minimum absolute atomic E-state index is 0.0417. The zero-order valence-corrected chi connectivity index (χ0v) is 11.2. The maximum absolute atomic E-state index is 11.9. The van der Waals surface area contributed by atoms with Gasteiger partial charge in [0.05, 0.1) is 0 Å². The molecule has 0 amide bonds. The van der Waals surface area contributed by atoms with Gasteiger partial charge in [-0.2, -0.15) is 4.72 Å². The zero-order valence-electron chi connectivity index (χ0n) is 10.4. The molecule has 0 spiro atoms. The first-order valence-electron chi connectivity index (χ1n) is 5.42. The monoisotopic (exact) mass is 272 g/mol. The van der Waals surface area contributed by atoms with Crippen molar-refractivity contribution in [3.05, 3.63) is 24.0 Å². The number of pyridine rings is 1. The molecule has 0 aromatic carbocycles. The molecule has 0 unspecified atom stereocenters. The van der Waals surface area contributed by atoms with Gasteiger partial charge < -0.3 is 5.11 Å². The molecule has 1 atom stereocenters. The highest BCUT2D eigenvalue weighted by atomic mass is 32.2. The van der Waals surface area contributed by atoms with E-state index in [0.29, 0.717) is 5.69 Å². The highest BCUT2D eigenvalue weighted by Crippen LogP contribution is 2.11. The summed E-state index contributed by atoms with van der Waals surface area (Å²) in [6.45, 7) is 5.00. The normalized spacial score (nSPS) is 13.6. The van der Waals surface area contributed by atoms with Crippen LogP contribution in [0.2, 0.25) is 0 Å². The van der Waals surface area contributed by atoms with Crippen molar-refractivity contribution in [3.8, 4) is 0 Å². The van der Waals surface area contributed by atoms with E-state index in [-0.39, 0.29) is 10.8 Å². The smallest absolute Gasteiger partial charge is 0.322 e. The Balaban J connectivity index is 3.01. The van der Waals surface area contributed by atoms with E-state index in [2.05, 4.69) is 9.71 Å². The van der Waals surface area contributed by atoms with E-state index in [9.17, 15) is 13.2 Å². The predicted octanol–water partition coefficient (Wildman–Crippen LogP) is 0.778. The Bertz CT molecular complexity index is 522. The molecule has 7 heteroatoms. The van der Waals surface area contributed by atoms with Gasteiger partial charge in [-0.25, -0.2) is 8.42 Å². The van der Waals surface area contributed by atoms with Crippen LogP contribution < -0.4 is 4.72 Å². The number of carboxylic acid groups (broad SMARTS) is 1. The number of nitrogens with one attached hydrogen (secondary N) is 1. The number of aryl methyl sites for hydroxylation is 1. The summed E-state index contributed by atoms with van der Waals surface area (Å²) in [5.74, 6) is -1.55. The maximum Gasteiger partial charge on any atom is 0.322 e. The van der Waals surface area contributed by atoms with E-state index in [4.69, 9.17) is 5.11 Å². The first kappa shape index (κ1) is 14.6. The fraction of sp³-hybridized carbons (Fsp3) is 0.455. The molecule has 100 valence electrons. The Morgan fingerprint density at radius 3 is 2.39 bits per heavy atom. The standard InChI is InChI=1S/C11H16N2O4S/c1-7(2)10(11(14)15)13-18(16,17)9-5-4-8(3)12-6-9/h4-7,10,13H,1-3H3,(H,14,15)/t10-/m0/s1. The summed E-state index contributed by atoms with van der Waals surface area (Å²) in [6.07, 6.45) is 1.21. The highest BCUT2D eigenvalue weighted by Gasteiger charge is 2.27. The fourth-order valence-electron chi connectivity index (χ4n) is 1.32. The molecule has 0 aliphatic heterocycles. The molecule has 0 fully saturated rings. The van der Waals surface area contributed by atoms with Gasteiger partial charge in [-0.1, -0.05) is 13.8 Å². The van der Waals surface area contributed by atoms with Crippen molar-refractivity contribution < 1.29 is 18.3 Å². The average molecular weight is 272 g/mol. The van der Waals surface area contributed by atoms with Gasteiger partial charge in [-0.3, -0.25) is 9.78 Å². The number of aliphatic carboxylic acids is 1. The quantitative estimate of drug-likeness (QED) is 0.825. The third-order valence-electron chi connectivity index (χ3n) is 2.41. The molecule has 1 aromatic rings. The first-order valence-corrected chi connectivity index (χ1v) is 6.90. The van der Waals surface area contributed by atoms with Crippen LogP contribution in [0.3, 0.4) is 0 Å². The van der Waals surface area contributed by atoms with E-state index in [0.717, 1.165) is 0 Å². The van der Waals surface area contributed by atoms with Gasteiger partial charge in [0.2, 0.25) is 10.0 Å². The van der Waals surface area contributed by atoms with E-state index in [1.165, 1.54) is 12.3 Å². The summed E-state index contributed by atoms with van der Waals surface area (Å²) in [6, 6.07) is 1.79. The van der Waals surface area contributed by atoms with Crippen LogP contribution in [0.1, 0.15) is 19.5 Å². The number of sulfonamides is 1. The summed E-state index contributed by atoms with van der Waals surface area (Å²) < 4.78 is 26.1. The minimum Gasteiger partial charge on any atom is -0.480 e. The van der Waals surface area contributed by atoms with Crippen LogP contribution in [-0.4, -0.2) is 30.5 Å². The van der Waals surface area contributed by atoms with Crippen LogP contribution in [0.5, 0.6) is 0 Å². The van der Waals surface area contributed by atoms with Crippen molar-refractivity contribution in [1.82, 2.24) is 9.71 Å². The number of hydrogen-bond donors (Lipinski definition) is 2. The van der Waals surface area contributed by atoms with Gasteiger partial charge >= 0.3 is 5.97 Å². The Hall–Kier alpha value is -1.47. The Labute approximate surface area is 106 Å². The van der Waals surface area contributed by atoms with Crippen LogP contribution in [0.15, 0.2) is 23.2 Å². The first-order chi connectivity index (χ1) is 8.24. The van der Waals surface area contributed by atoms with Gasteiger partial charge in [-0.15, -0.1) is 0 Å². The third kappa shape index (κ3) is 3.51. The fourth-order valence-corrected chi connectivity index (χ4v) is 2.60. The molecule has 0 saturated heterocycles. The van der Waals surface area contributed by atoms with E-state index >= 15 is 0 Å². The summed E-state index contributed by atoms with van der Waals surface area (Å²) in [5, 5.41) is 8.96. The molecule has 0 aliphatic rings. The number of carboxylic acids is 1. The van der Waals surface area contributed by atoms with Crippen molar-refractivity contribution in [3.63, 3.8) is 0 Å². The van der Waals surface area contributed by atoms with Crippen molar-refractivity contribution >= 4 is 16.0 Å². The lowest BCUT2D eigenvalue weighted by Gasteiger charge is -2.17. The minimum atomic E-state index is -3.86. The Morgan fingerprint density at radius 1 is 1.39 bits per heavy atom. The number of rotatable bonds is 5. The molecule has 0 aliphatic carbocycles. The number of aromatic nitrogens is 1. The molecular formula is C11H16N2O4S. The molecule has 2 N–H and O–H groups in total. The van der Waals surface area contributed by atoms with Crippen molar-refractivity contribution in [1.29, 1.82) is 0 Å². The number of carbonyl (C=O) groups is 1. The summed E-state index contributed by atoms with van der Waals surface area (Å²) >= 11 is 0. The van der Waals surface area contributed by atoms with E-state index in [1.807, 2.05) is 0 Å². The lowest BCUT2D eigenvalue weighted by molar-refractivity contribution is -0.140.